The van der Waals surface area contributed by atoms with Gasteiger partial charge in [0.25, 0.3) is 5.91 Å². The molecule has 0 fully saturated rings. The van der Waals surface area contributed by atoms with Crippen molar-refractivity contribution in [1.29, 1.82) is 0 Å². The first-order valence-corrected chi connectivity index (χ1v) is 10.4. The van der Waals surface area contributed by atoms with E-state index in [-0.39, 0.29) is 22.8 Å². The lowest BCUT2D eigenvalue weighted by Gasteiger charge is -2.26. The van der Waals surface area contributed by atoms with Gasteiger partial charge in [-0.05, 0) is 63.8 Å². The zero-order chi connectivity index (χ0) is 22.1. The summed E-state index contributed by atoms with van der Waals surface area (Å²) in [5.41, 5.74) is 1.22. The lowest BCUT2D eigenvalue weighted by molar-refractivity contribution is 0.0722. The molecule has 1 amide bonds. The number of nitrogens with zero attached hydrogens (tertiary/aromatic N) is 2. The summed E-state index contributed by atoms with van der Waals surface area (Å²) in [5, 5.41) is 10.6. The summed E-state index contributed by atoms with van der Waals surface area (Å²) in [6, 6.07) is 11.3. The Kier molecular flexibility index (Phi) is 5.69. The molecule has 0 radical (unpaired) electrons. The van der Waals surface area contributed by atoms with Crippen LogP contribution in [0.4, 0.5) is 0 Å². The van der Waals surface area contributed by atoms with Gasteiger partial charge >= 0.3 is 0 Å². The maximum absolute atomic E-state index is 13.4. The number of amides is 1. The van der Waals surface area contributed by atoms with Crippen LogP contribution in [0.5, 0.6) is 11.5 Å². The van der Waals surface area contributed by atoms with Crippen LogP contribution in [0.15, 0.2) is 51.7 Å². The number of ether oxygens (including phenoxy) is 1. The van der Waals surface area contributed by atoms with Crippen LogP contribution in [-0.2, 0) is 0 Å². The highest BCUT2D eigenvalue weighted by atomic mass is 16.5. The molecule has 3 aromatic rings. The molecular weight excluding hydrogens is 396 g/mol. The van der Waals surface area contributed by atoms with Crippen LogP contribution in [0, 0.1) is 0 Å². The van der Waals surface area contributed by atoms with E-state index in [4.69, 9.17) is 9.15 Å². The topological polar surface area (TPSA) is 83.2 Å². The number of para-hydroxylation sites is 1. The van der Waals surface area contributed by atoms with Crippen LogP contribution in [0.3, 0.4) is 0 Å². The molecular formula is C24H26N2O5. The van der Waals surface area contributed by atoms with Crippen molar-refractivity contribution in [3.63, 3.8) is 0 Å². The fourth-order valence-electron chi connectivity index (χ4n) is 4.07. The molecule has 0 saturated heterocycles. The van der Waals surface area contributed by atoms with E-state index in [0.717, 1.165) is 13.0 Å². The number of rotatable bonds is 7. The Morgan fingerprint density at radius 1 is 1.16 bits per heavy atom. The van der Waals surface area contributed by atoms with E-state index in [0.29, 0.717) is 41.0 Å². The van der Waals surface area contributed by atoms with Crippen molar-refractivity contribution < 1.29 is 19.1 Å². The highest BCUT2D eigenvalue weighted by Gasteiger charge is 2.42. The Bertz CT molecular complexity index is 1180. The van der Waals surface area contributed by atoms with Gasteiger partial charge in [0.05, 0.1) is 23.6 Å². The third kappa shape index (κ3) is 3.77. The predicted molar refractivity (Wildman–Crippen MR) is 118 cm³/mol. The molecule has 1 N–H and O–H groups in total. The Hall–Kier alpha value is -3.32. The van der Waals surface area contributed by atoms with Gasteiger partial charge in [-0.2, -0.15) is 0 Å². The highest BCUT2D eigenvalue weighted by Crippen LogP contribution is 2.40. The molecule has 1 aromatic heterocycles. The Labute approximate surface area is 180 Å². The number of phenols is 1. The number of fused-ring (bicyclic) bond motifs is 2. The van der Waals surface area contributed by atoms with Crippen molar-refractivity contribution in [2.24, 2.45) is 0 Å². The van der Waals surface area contributed by atoms with Crippen molar-refractivity contribution in [1.82, 2.24) is 9.80 Å². The number of carbonyl (C=O) groups excluding carboxylic acids is 1. The Morgan fingerprint density at radius 3 is 2.68 bits per heavy atom. The molecule has 7 nitrogen and oxygen atoms in total. The third-order valence-electron chi connectivity index (χ3n) is 5.48. The first-order chi connectivity index (χ1) is 14.9. The molecule has 2 heterocycles. The van der Waals surface area contributed by atoms with E-state index in [1.165, 1.54) is 6.07 Å². The summed E-state index contributed by atoms with van der Waals surface area (Å²) in [6.07, 6.45) is 0.743. The molecule has 2 aromatic carbocycles. The van der Waals surface area contributed by atoms with E-state index in [2.05, 4.69) is 0 Å². The third-order valence-corrected chi connectivity index (χ3v) is 5.48. The summed E-state index contributed by atoms with van der Waals surface area (Å²) >= 11 is 0. The van der Waals surface area contributed by atoms with Crippen molar-refractivity contribution in [3.8, 4) is 11.5 Å². The number of carbonyl (C=O) groups is 1. The van der Waals surface area contributed by atoms with Gasteiger partial charge in [0.2, 0.25) is 5.76 Å². The monoisotopic (exact) mass is 422 g/mol. The summed E-state index contributed by atoms with van der Waals surface area (Å²) < 4.78 is 11.5. The minimum Gasteiger partial charge on any atom is -0.504 e. The maximum atomic E-state index is 13.4. The Morgan fingerprint density at radius 2 is 1.94 bits per heavy atom. The van der Waals surface area contributed by atoms with Crippen LogP contribution in [0.2, 0.25) is 0 Å². The van der Waals surface area contributed by atoms with Gasteiger partial charge in [-0.15, -0.1) is 0 Å². The summed E-state index contributed by atoms with van der Waals surface area (Å²) in [6.45, 7) is 3.48. The average molecular weight is 422 g/mol. The maximum Gasteiger partial charge on any atom is 0.290 e. The van der Waals surface area contributed by atoms with Crippen LogP contribution >= 0.6 is 0 Å². The quantitative estimate of drug-likeness (QED) is 0.628. The van der Waals surface area contributed by atoms with E-state index < -0.39 is 6.04 Å². The molecule has 1 aliphatic heterocycles. The molecule has 0 bridgehead atoms. The smallest absolute Gasteiger partial charge is 0.290 e. The van der Waals surface area contributed by atoms with Crippen molar-refractivity contribution >= 4 is 16.9 Å². The second kappa shape index (κ2) is 8.43. The molecule has 31 heavy (non-hydrogen) atoms. The summed E-state index contributed by atoms with van der Waals surface area (Å²) in [4.78, 5) is 30.5. The van der Waals surface area contributed by atoms with E-state index in [1.807, 2.05) is 25.9 Å². The predicted octanol–water partition coefficient (Wildman–Crippen LogP) is 3.39. The first kappa shape index (κ1) is 20.9. The minimum absolute atomic E-state index is 0.0138. The second-order valence-electron chi connectivity index (χ2n) is 7.89. The van der Waals surface area contributed by atoms with Crippen LogP contribution in [-0.4, -0.2) is 54.6 Å². The minimum atomic E-state index is -0.606. The molecule has 1 aliphatic rings. The van der Waals surface area contributed by atoms with Gasteiger partial charge in [-0.3, -0.25) is 9.59 Å². The standard InChI is InChI=1S/C24H26N2O5/c1-4-30-19-14-15(10-11-17(19)27)21-20-22(28)16-8-5-6-9-18(16)31-23(20)24(29)26(21)13-7-12-25(2)3/h5-6,8-11,14,21,27H,4,7,12-13H2,1-3H3/t21-/m1/s1. The fraction of sp³-hybridized carbons (Fsp3) is 0.333. The van der Waals surface area contributed by atoms with E-state index in [9.17, 15) is 14.7 Å². The van der Waals surface area contributed by atoms with Gasteiger partial charge in [-0.1, -0.05) is 18.2 Å². The molecule has 0 spiro atoms. The summed E-state index contributed by atoms with van der Waals surface area (Å²) in [5.74, 6) is 0.122. The fourth-order valence-corrected chi connectivity index (χ4v) is 4.07. The molecule has 0 saturated carbocycles. The first-order valence-electron chi connectivity index (χ1n) is 10.4. The normalized spacial score (nSPS) is 15.7. The van der Waals surface area contributed by atoms with Gasteiger partial charge in [-0.25, -0.2) is 0 Å². The number of benzene rings is 2. The molecule has 162 valence electrons. The van der Waals surface area contributed by atoms with Crippen LogP contribution < -0.4 is 10.2 Å². The van der Waals surface area contributed by atoms with Gasteiger partial charge in [0.15, 0.2) is 16.9 Å². The molecule has 0 unspecified atom stereocenters. The summed E-state index contributed by atoms with van der Waals surface area (Å²) in [7, 11) is 3.95. The highest BCUT2D eigenvalue weighted by molar-refractivity contribution is 5.99. The van der Waals surface area contributed by atoms with Crippen molar-refractivity contribution in [3.05, 3.63) is 69.6 Å². The van der Waals surface area contributed by atoms with Gasteiger partial charge in [0.1, 0.15) is 5.58 Å². The van der Waals surface area contributed by atoms with E-state index >= 15 is 0 Å². The molecule has 1 atom stereocenters. The molecule has 4 rings (SSSR count). The van der Waals surface area contributed by atoms with Crippen molar-refractivity contribution in [2.45, 2.75) is 19.4 Å². The number of hydrogen-bond acceptors (Lipinski definition) is 6. The number of hydrogen-bond donors (Lipinski definition) is 1. The lowest BCUT2D eigenvalue weighted by Crippen LogP contribution is -2.32. The number of aromatic hydroxyl groups is 1. The molecule has 0 aliphatic carbocycles. The SMILES string of the molecule is CCOc1cc([C@@H]2c3c(oc4ccccc4c3=O)C(=O)N2CCCN(C)C)ccc1O. The lowest BCUT2D eigenvalue weighted by atomic mass is 9.98. The zero-order valence-corrected chi connectivity index (χ0v) is 17.9. The van der Waals surface area contributed by atoms with Gasteiger partial charge < -0.3 is 24.1 Å². The van der Waals surface area contributed by atoms with Crippen LogP contribution in [0.25, 0.3) is 11.0 Å². The van der Waals surface area contributed by atoms with Crippen LogP contribution in [0.1, 0.15) is 41.1 Å². The van der Waals surface area contributed by atoms with Gasteiger partial charge in [0, 0.05) is 6.54 Å². The van der Waals surface area contributed by atoms with Crippen molar-refractivity contribution in [2.75, 3.05) is 33.8 Å². The van der Waals surface area contributed by atoms with E-state index in [1.54, 1.807) is 41.3 Å². The largest absolute Gasteiger partial charge is 0.504 e. The zero-order valence-electron chi connectivity index (χ0n) is 17.9. The number of phenolic OH excluding ortho intramolecular Hbond substituents is 1. The Balaban J connectivity index is 1.87. The average Bonchev–Trinajstić information content (AvgIpc) is 3.02. The second-order valence-corrected chi connectivity index (χ2v) is 7.89. The molecule has 7 heteroatoms.